The zero-order chi connectivity index (χ0) is 15.6. The highest BCUT2D eigenvalue weighted by atomic mass is 35.5. The molecule has 0 aliphatic heterocycles. The Morgan fingerprint density at radius 2 is 1.57 bits per heavy atom. The van der Waals surface area contributed by atoms with Crippen LogP contribution < -0.4 is 10.9 Å². The number of hydrogen-bond acceptors (Lipinski definition) is 4. The van der Waals surface area contributed by atoms with Gasteiger partial charge in [-0.15, -0.1) is 0 Å². The predicted octanol–water partition coefficient (Wildman–Crippen LogP) is 5.30. The standard InChI is InChI=1S/C13H10Cl3N3O2/c1-7-3-2-4-9(14)12(7)17-18-13-10(15)5-8(19(20)21)6-11(13)16/h2-6,17-18H,1H3. The number of halogens is 3. The van der Waals surface area contributed by atoms with Crippen LogP contribution in [0.2, 0.25) is 15.1 Å². The molecule has 2 rings (SSSR count). The van der Waals surface area contributed by atoms with E-state index in [2.05, 4.69) is 10.9 Å². The Kier molecular flexibility index (Phi) is 4.77. The molecule has 0 amide bonds. The maximum Gasteiger partial charge on any atom is 0.272 e. The van der Waals surface area contributed by atoms with E-state index in [-0.39, 0.29) is 15.7 Å². The van der Waals surface area contributed by atoms with E-state index in [1.807, 2.05) is 19.1 Å². The monoisotopic (exact) mass is 345 g/mol. The van der Waals surface area contributed by atoms with Crippen molar-refractivity contribution in [3.8, 4) is 0 Å². The quantitative estimate of drug-likeness (QED) is 0.582. The molecule has 0 fully saturated rings. The number of nitrogens with zero attached hydrogens (tertiary/aromatic N) is 1. The topological polar surface area (TPSA) is 67.2 Å². The average Bonchev–Trinajstić information content (AvgIpc) is 2.40. The van der Waals surface area contributed by atoms with Crippen molar-refractivity contribution in [1.29, 1.82) is 0 Å². The summed E-state index contributed by atoms with van der Waals surface area (Å²) in [4.78, 5) is 10.2. The van der Waals surface area contributed by atoms with Crippen molar-refractivity contribution in [2.75, 3.05) is 10.9 Å². The van der Waals surface area contributed by atoms with Gasteiger partial charge in [0.15, 0.2) is 0 Å². The lowest BCUT2D eigenvalue weighted by molar-refractivity contribution is -0.384. The van der Waals surface area contributed by atoms with Crippen LogP contribution in [-0.4, -0.2) is 4.92 Å². The van der Waals surface area contributed by atoms with Gasteiger partial charge < -0.3 is 0 Å². The first-order valence-corrected chi connectivity index (χ1v) is 6.94. The second kappa shape index (κ2) is 6.39. The summed E-state index contributed by atoms with van der Waals surface area (Å²) in [5.74, 6) is 0. The highest BCUT2D eigenvalue weighted by molar-refractivity contribution is 6.39. The van der Waals surface area contributed by atoms with Crippen LogP contribution in [0.15, 0.2) is 30.3 Å². The molecule has 0 bridgehead atoms. The molecule has 5 nitrogen and oxygen atoms in total. The Morgan fingerprint density at radius 1 is 1.00 bits per heavy atom. The van der Waals surface area contributed by atoms with Gasteiger partial charge in [-0.05, 0) is 18.6 Å². The number of hydrazine groups is 1. The van der Waals surface area contributed by atoms with Crippen LogP contribution in [-0.2, 0) is 0 Å². The van der Waals surface area contributed by atoms with E-state index in [0.717, 1.165) is 5.56 Å². The van der Waals surface area contributed by atoms with Gasteiger partial charge in [-0.3, -0.25) is 21.0 Å². The summed E-state index contributed by atoms with van der Waals surface area (Å²) >= 11 is 18.1. The van der Waals surface area contributed by atoms with E-state index in [0.29, 0.717) is 16.4 Å². The SMILES string of the molecule is Cc1cccc(Cl)c1NNc1c(Cl)cc([N+](=O)[O-])cc1Cl. The molecule has 0 saturated carbocycles. The van der Waals surface area contributed by atoms with Gasteiger partial charge in [-0.1, -0.05) is 46.9 Å². The maximum atomic E-state index is 10.7. The van der Waals surface area contributed by atoms with Crippen LogP contribution in [0.3, 0.4) is 0 Å². The molecule has 0 aromatic heterocycles. The minimum atomic E-state index is -0.562. The van der Waals surface area contributed by atoms with Crippen molar-refractivity contribution in [3.05, 3.63) is 61.1 Å². The molecule has 0 spiro atoms. The summed E-state index contributed by atoms with van der Waals surface area (Å²) in [7, 11) is 0. The predicted molar refractivity (Wildman–Crippen MR) is 86.6 cm³/mol. The van der Waals surface area contributed by atoms with Crippen LogP contribution in [0.5, 0.6) is 0 Å². The molecule has 2 N–H and O–H groups in total. The zero-order valence-corrected chi connectivity index (χ0v) is 13.1. The van der Waals surface area contributed by atoms with Crippen molar-refractivity contribution in [1.82, 2.24) is 0 Å². The number of para-hydroxylation sites is 1. The third-order valence-electron chi connectivity index (χ3n) is 2.77. The van der Waals surface area contributed by atoms with Gasteiger partial charge in [0.2, 0.25) is 0 Å². The number of benzene rings is 2. The molecule has 2 aromatic carbocycles. The van der Waals surface area contributed by atoms with Gasteiger partial charge in [0, 0.05) is 12.1 Å². The lowest BCUT2D eigenvalue weighted by atomic mass is 10.2. The Bertz CT molecular complexity index is 664. The number of nitro groups is 1. The zero-order valence-electron chi connectivity index (χ0n) is 10.8. The largest absolute Gasteiger partial charge is 0.299 e. The third kappa shape index (κ3) is 3.50. The number of anilines is 2. The fourth-order valence-corrected chi connectivity index (χ4v) is 2.54. The van der Waals surface area contributed by atoms with E-state index in [1.165, 1.54) is 12.1 Å². The number of nitrogens with one attached hydrogen (secondary N) is 2. The second-order valence-electron chi connectivity index (χ2n) is 4.22. The molecule has 110 valence electrons. The molecule has 0 aliphatic carbocycles. The highest BCUT2D eigenvalue weighted by Crippen LogP contribution is 2.35. The number of hydrogen-bond donors (Lipinski definition) is 2. The fraction of sp³-hybridized carbons (Fsp3) is 0.0769. The van der Waals surface area contributed by atoms with E-state index in [9.17, 15) is 10.1 Å². The summed E-state index contributed by atoms with van der Waals surface area (Å²) in [6.45, 7) is 1.88. The van der Waals surface area contributed by atoms with Gasteiger partial charge in [0.05, 0.1) is 31.4 Å². The lowest BCUT2D eigenvalue weighted by Gasteiger charge is -2.15. The summed E-state index contributed by atoms with van der Waals surface area (Å²) in [6, 6.07) is 7.88. The van der Waals surface area contributed by atoms with E-state index >= 15 is 0 Å². The molecule has 0 aliphatic rings. The molecule has 0 radical (unpaired) electrons. The molecule has 0 saturated heterocycles. The summed E-state index contributed by atoms with van der Waals surface area (Å²) in [5, 5.41) is 11.5. The van der Waals surface area contributed by atoms with Gasteiger partial charge in [-0.25, -0.2) is 0 Å². The molecule has 0 heterocycles. The van der Waals surface area contributed by atoms with Gasteiger partial charge in [-0.2, -0.15) is 0 Å². The Morgan fingerprint density at radius 3 is 2.10 bits per heavy atom. The summed E-state index contributed by atoms with van der Waals surface area (Å²) < 4.78 is 0. The molecule has 8 heteroatoms. The van der Waals surface area contributed by atoms with Gasteiger partial charge >= 0.3 is 0 Å². The first kappa shape index (κ1) is 15.7. The van der Waals surface area contributed by atoms with E-state index < -0.39 is 4.92 Å². The normalized spacial score (nSPS) is 10.3. The Balaban J connectivity index is 2.27. The van der Waals surface area contributed by atoms with Crippen LogP contribution in [0.1, 0.15) is 5.56 Å². The number of aryl methyl sites for hydroxylation is 1. The van der Waals surface area contributed by atoms with Crippen LogP contribution in [0.4, 0.5) is 17.1 Å². The fourth-order valence-electron chi connectivity index (χ4n) is 1.70. The molecule has 2 aromatic rings. The first-order valence-electron chi connectivity index (χ1n) is 5.80. The van der Waals surface area contributed by atoms with Crippen molar-refractivity contribution in [2.45, 2.75) is 6.92 Å². The minimum absolute atomic E-state index is 0.131. The molecule has 21 heavy (non-hydrogen) atoms. The second-order valence-corrected chi connectivity index (χ2v) is 5.44. The van der Waals surface area contributed by atoms with E-state index in [1.54, 1.807) is 6.07 Å². The van der Waals surface area contributed by atoms with Crippen molar-refractivity contribution in [2.24, 2.45) is 0 Å². The summed E-state index contributed by atoms with van der Waals surface area (Å²) in [6.07, 6.45) is 0. The summed E-state index contributed by atoms with van der Waals surface area (Å²) in [5.41, 5.74) is 7.48. The number of rotatable bonds is 4. The molecule has 0 unspecified atom stereocenters. The Hall–Kier alpha value is -1.69. The third-order valence-corrected chi connectivity index (χ3v) is 3.68. The molecular formula is C13H10Cl3N3O2. The average molecular weight is 347 g/mol. The van der Waals surface area contributed by atoms with Crippen LogP contribution in [0, 0.1) is 17.0 Å². The molecule has 0 atom stereocenters. The highest BCUT2D eigenvalue weighted by Gasteiger charge is 2.15. The van der Waals surface area contributed by atoms with Crippen LogP contribution in [0.25, 0.3) is 0 Å². The van der Waals surface area contributed by atoms with Crippen molar-refractivity contribution < 1.29 is 4.92 Å². The van der Waals surface area contributed by atoms with Gasteiger partial charge in [0.25, 0.3) is 5.69 Å². The molecular weight excluding hydrogens is 337 g/mol. The number of nitro benzene ring substituents is 1. The van der Waals surface area contributed by atoms with Crippen molar-refractivity contribution >= 4 is 51.9 Å². The Labute approximate surface area is 135 Å². The van der Waals surface area contributed by atoms with Gasteiger partial charge in [0.1, 0.15) is 0 Å². The minimum Gasteiger partial charge on any atom is -0.299 e. The van der Waals surface area contributed by atoms with E-state index in [4.69, 9.17) is 34.8 Å². The first-order chi connectivity index (χ1) is 9.90. The van der Waals surface area contributed by atoms with Crippen molar-refractivity contribution in [3.63, 3.8) is 0 Å². The maximum absolute atomic E-state index is 10.7. The lowest BCUT2D eigenvalue weighted by Crippen LogP contribution is -2.11. The van der Waals surface area contributed by atoms with Crippen LogP contribution >= 0.6 is 34.8 Å². The smallest absolute Gasteiger partial charge is 0.272 e. The number of non-ortho nitro benzene ring substituents is 1.